The van der Waals surface area contributed by atoms with Crippen LogP contribution < -0.4 is 20.3 Å². The number of fused-ring (bicyclic) bond motifs is 1. The van der Waals surface area contributed by atoms with Gasteiger partial charge in [-0.15, -0.1) is 0 Å². The monoisotopic (exact) mass is 496 g/mol. The maximum Gasteiger partial charge on any atom is 0.224 e. The fraction of sp³-hybridized carbons (Fsp3) is 0.536. The van der Waals surface area contributed by atoms with Gasteiger partial charge in [0.25, 0.3) is 0 Å². The standard InChI is InChI=1S/C13H17N3O2.C13H21N3.C2H6/c1-4-5-13(17)14-11-6-9-8-16(2)15-10(9)7-12(11)18-3;1-3-4-12-11(2)15-6-5-13(12)16-9-7-14-8-10-16;1-2/h6-8H,4-5H2,1-3H3,(H,14,17);5-6,14H,3-4,7-10H2,1-2H3;1-2H3. The third-order valence-electron chi connectivity index (χ3n) is 5.90. The molecule has 0 aliphatic carbocycles. The van der Waals surface area contributed by atoms with E-state index in [2.05, 4.69) is 45.5 Å². The second kappa shape index (κ2) is 15.1. The van der Waals surface area contributed by atoms with Crippen molar-refractivity contribution in [2.75, 3.05) is 43.5 Å². The third kappa shape index (κ3) is 7.95. The lowest BCUT2D eigenvalue weighted by Crippen LogP contribution is -2.44. The Hall–Kier alpha value is -3.13. The second-order valence-electron chi connectivity index (χ2n) is 8.59. The van der Waals surface area contributed by atoms with E-state index >= 15 is 0 Å². The number of nitrogens with one attached hydrogen (secondary N) is 2. The summed E-state index contributed by atoms with van der Waals surface area (Å²) in [4.78, 5) is 18.5. The van der Waals surface area contributed by atoms with E-state index < -0.39 is 0 Å². The molecule has 1 saturated heterocycles. The number of methoxy groups -OCH3 is 1. The number of carbonyl (C=O) groups excluding carboxylic acids is 1. The van der Waals surface area contributed by atoms with Crippen LogP contribution in [0.2, 0.25) is 0 Å². The zero-order chi connectivity index (χ0) is 26.5. The van der Waals surface area contributed by atoms with Gasteiger partial charge < -0.3 is 20.3 Å². The molecule has 8 nitrogen and oxygen atoms in total. The molecule has 2 aromatic heterocycles. The summed E-state index contributed by atoms with van der Waals surface area (Å²) in [5, 5.41) is 11.5. The summed E-state index contributed by atoms with van der Waals surface area (Å²) in [6.07, 6.45) is 7.50. The normalized spacial score (nSPS) is 12.8. The largest absolute Gasteiger partial charge is 0.494 e. The van der Waals surface area contributed by atoms with Crippen LogP contribution in [0.4, 0.5) is 11.4 Å². The van der Waals surface area contributed by atoms with Crippen LogP contribution in [0.3, 0.4) is 0 Å². The lowest BCUT2D eigenvalue weighted by Gasteiger charge is -2.31. The Morgan fingerprint density at radius 1 is 1.17 bits per heavy atom. The van der Waals surface area contributed by atoms with Crippen LogP contribution in [0.25, 0.3) is 10.9 Å². The van der Waals surface area contributed by atoms with Crippen LogP contribution in [-0.4, -0.2) is 54.0 Å². The van der Waals surface area contributed by atoms with Gasteiger partial charge >= 0.3 is 0 Å². The van der Waals surface area contributed by atoms with Gasteiger partial charge in [-0.1, -0.05) is 34.1 Å². The molecule has 0 atom stereocenters. The Morgan fingerprint density at radius 3 is 2.53 bits per heavy atom. The van der Waals surface area contributed by atoms with Crippen molar-refractivity contribution in [3.05, 3.63) is 41.9 Å². The van der Waals surface area contributed by atoms with Crippen LogP contribution in [0, 0.1) is 6.92 Å². The van der Waals surface area contributed by atoms with Crippen molar-refractivity contribution >= 4 is 28.2 Å². The predicted octanol–water partition coefficient (Wildman–Crippen LogP) is 5.10. The summed E-state index contributed by atoms with van der Waals surface area (Å²) < 4.78 is 7.02. The SMILES string of the molecule is CC.CCCC(=O)Nc1cc2cn(C)nc2cc1OC.CCCc1c(N2CCNCC2)ccnc1C. The molecule has 36 heavy (non-hydrogen) atoms. The van der Waals surface area contributed by atoms with Gasteiger partial charge in [-0.05, 0) is 37.5 Å². The molecule has 0 radical (unpaired) electrons. The third-order valence-corrected chi connectivity index (χ3v) is 5.90. The van der Waals surface area contributed by atoms with E-state index in [-0.39, 0.29) is 5.91 Å². The van der Waals surface area contributed by atoms with Crippen molar-refractivity contribution in [1.82, 2.24) is 20.1 Å². The quantitative estimate of drug-likeness (QED) is 0.474. The summed E-state index contributed by atoms with van der Waals surface area (Å²) in [5.41, 5.74) is 5.57. The number of nitrogens with zero attached hydrogens (tertiary/aromatic N) is 4. The highest BCUT2D eigenvalue weighted by molar-refractivity contribution is 5.96. The fourth-order valence-corrected chi connectivity index (χ4v) is 4.23. The number of amides is 1. The maximum absolute atomic E-state index is 11.6. The summed E-state index contributed by atoms with van der Waals surface area (Å²) in [5.74, 6) is 0.629. The van der Waals surface area contributed by atoms with Crippen LogP contribution in [0.15, 0.2) is 30.6 Å². The van der Waals surface area contributed by atoms with Crippen molar-refractivity contribution in [3.63, 3.8) is 0 Å². The molecule has 4 rings (SSSR count). The van der Waals surface area contributed by atoms with Gasteiger partial charge in [0, 0.05) is 74.9 Å². The van der Waals surface area contributed by atoms with Gasteiger partial charge in [0.2, 0.25) is 5.91 Å². The number of aryl methyl sites for hydroxylation is 2. The van der Waals surface area contributed by atoms with E-state index in [4.69, 9.17) is 4.74 Å². The van der Waals surface area contributed by atoms with Crippen LogP contribution in [-0.2, 0) is 18.3 Å². The number of pyridine rings is 1. The van der Waals surface area contributed by atoms with Gasteiger partial charge in [-0.3, -0.25) is 14.5 Å². The highest BCUT2D eigenvalue weighted by Gasteiger charge is 2.15. The van der Waals surface area contributed by atoms with Crippen molar-refractivity contribution in [2.45, 2.75) is 60.3 Å². The van der Waals surface area contributed by atoms with Gasteiger partial charge in [0.15, 0.2) is 0 Å². The molecule has 0 bridgehead atoms. The fourth-order valence-electron chi connectivity index (χ4n) is 4.23. The first kappa shape index (κ1) is 29.1. The van der Waals surface area contributed by atoms with Crippen LogP contribution >= 0.6 is 0 Å². The topological polar surface area (TPSA) is 84.3 Å². The number of hydrogen-bond acceptors (Lipinski definition) is 6. The number of aromatic nitrogens is 3. The average molecular weight is 497 g/mol. The number of carbonyl (C=O) groups is 1. The minimum absolute atomic E-state index is 0.000889. The average Bonchev–Trinajstić information content (AvgIpc) is 3.26. The number of piperazine rings is 1. The van der Waals surface area contributed by atoms with E-state index in [1.54, 1.807) is 11.8 Å². The first-order chi connectivity index (χ1) is 17.5. The second-order valence-corrected chi connectivity index (χ2v) is 8.59. The van der Waals surface area contributed by atoms with E-state index in [0.29, 0.717) is 17.9 Å². The first-order valence-corrected chi connectivity index (χ1v) is 13.2. The van der Waals surface area contributed by atoms with Crippen molar-refractivity contribution in [1.29, 1.82) is 0 Å². The Labute approximate surface area is 216 Å². The lowest BCUT2D eigenvalue weighted by molar-refractivity contribution is -0.116. The molecule has 1 aromatic carbocycles. The Balaban J connectivity index is 0.000000239. The summed E-state index contributed by atoms with van der Waals surface area (Å²) in [6, 6.07) is 5.88. The van der Waals surface area contributed by atoms with E-state index in [0.717, 1.165) is 49.9 Å². The van der Waals surface area contributed by atoms with Crippen molar-refractivity contribution in [3.8, 4) is 5.75 Å². The van der Waals surface area contributed by atoms with Crippen molar-refractivity contribution < 1.29 is 9.53 Å². The molecule has 1 fully saturated rings. The van der Waals surface area contributed by atoms with Gasteiger partial charge in [-0.25, -0.2) is 0 Å². The highest BCUT2D eigenvalue weighted by atomic mass is 16.5. The summed E-state index contributed by atoms with van der Waals surface area (Å²) in [7, 11) is 3.45. The molecule has 1 aliphatic rings. The predicted molar refractivity (Wildman–Crippen MR) is 150 cm³/mol. The number of benzene rings is 1. The number of ether oxygens (including phenoxy) is 1. The molecular weight excluding hydrogens is 452 g/mol. The lowest BCUT2D eigenvalue weighted by atomic mass is 10.1. The summed E-state index contributed by atoms with van der Waals surface area (Å²) in [6.45, 7) is 14.7. The molecule has 3 heterocycles. The molecule has 0 saturated carbocycles. The number of hydrogen-bond donors (Lipinski definition) is 2. The number of rotatable bonds is 7. The van der Waals surface area contributed by atoms with Crippen LogP contribution in [0.1, 0.15) is 58.2 Å². The van der Waals surface area contributed by atoms with Crippen molar-refractivity contribution in [2.24, 2.45) is 7.05 Å². The Bertz CT molecular complexity index is 1090. The highest BCUT2D eigenvalue weighted by Crippen LogP contribution is 2.29. The Kier molecular flexibility index (Phi) is 12.2. The van der Waals surface area contributed by atoms with Gasteiger partial charge in [-0.2, -0.15) is 5.10 Å². The molecule has 198 valence electrons. The Morgan fingerprint density at radius 2 is 1.89 bits per heavy atom. The molecule has 8 heteroatoms. The molecule has 0 spiro atoms. The van der Waals surface area contributed by atoms with Gasteiger partial charge in [0.1, 0.15) is 5.75 Å². The van der Waals surface area contributed by atoms with E-state index in [1.165, 1.54) is 23.4 Å². The molecule has 0 unspecified atom stereocenters. The minimum Gasteiger partial charge on any atom is -0.494 e. The smallest absolute Gasteiger partial charge is 0.224 e. The first-order valence-electron chi connectivity index (χ1n) is 13.2. The molecule has 2 N–H and O–H groups in total. The molecule has 1 aliphatic heterocycles. The zero-order valence-corrected chi connectivity index (χ0v) is 23.1. The van der Waals surface area contributed by atoms with Gasteiger partial charge in [0.05, 0.1) is 18.3 Å². The summed E-state index contributed by atoms with van der Waals surface area (Å²) >= 11 is 0. The van der Waals surface area contributed by atoms with Crippen LogP contribution in [0.5, 0.6) is 5.75 Å². The number of anilines is 2. The molecular formula is C28H44N6O2. The zero-order valence-electron chi connectivity index (χ0n) is 23.1. The van der Waals surface area contributed by atoms with E-state index in [1.807, 2.05) is 52.3 Å². The minimum atomic E-state index is -0.000889. The van der Waals surface area contributed by atoms with E-state index in [9.17, 15) is 4.79 Å². The maximum atomic E-state index is 11.6. The molecule has 3 aromatic rings. The molecule has 1 amide bonds.